The van der Waals surface area contributed by atoms with Crippen molar-refractivity contribution in [1.82, 2.24) is 5.32 Å². The Hall–Kier alpha value is -0.860. The molecule has 100 valence electrons. The van der Waals surface area contributed by atoms with Crippen molar-refractivity contribution in [3.63, 3.8) is 0 Å². The van der Waals surface area contributed by atoms with Crippen LogP contribution in [0.25, 0.3) is 0 Å². The Labute approximate surface area is 115 Å². The molecule has 0 saturated heterocycles. The number of halogens is 1. The molecule has 0 bridgehead atoms. The van der Waals surface area contributed by atoms with Crippen LogP contribution in [-0.4, -0.2) is 18.4 Å². The molecule has 0 saturated carbocycles. The highest BCUT2D eigenvalue weighted by atomic mass is 35.5. The molecule has 1 aromatic rings. The summed E-state index contributed by atoms with van der Waals surface area (Å²) in [5.74, 6) is 0.774. The van der Waals surface area contributed by atoms with Gasteiger partial charge in [-0.25, -0.2) is 0 Å². The van der Waals surface area contributed by atoms with E-state index in [0.717, 1.165) is 24.1 Å². The third kappa shape index (κ3) is 4.43. The number of aryl methyl sites for hydroxylation is 1. The van der Waals surface area contributed by atoms with Crippen molar-refractivity contribution in [2.75, 3.05) is 6.54 Å². The summed E-state index contributed by atoms with van der Waals surface area (Å²) in [6, 6.07) is 5.28. The van der Waals surface area contributed by atoms with Gasteiger partial charge in [0.1, 0.15) is 0 Å². The van der Waals surface area contributed by atoms with Gasteiger partial charge in [-0.1, -0.05) is 25.4 Å². The molecule has 1 N–H and O–H groups in total. The normalized spacial score (nSPS) is 12.8. The van der Waals surface area contributed by atoms with E-state index in [-0.39, 0.29) is 11.8 Å². The number of hydrogen-bond acceptors (Lipinski definition) is 2. The van der Waals surface area contributed by atoms with Gasteiger partial charge < -0.3 is 5.32 Å². The summed E-state index contributed by atoms with van der Waals surface area (Å²) in [6.45, 7) is 9.05. The molecule has 0 amide bonds. The maximum Gasteiger partial charge on any atom is 0.179 e. The molecule has 2 nitrogen and oxygen atoms in total. The molecular formula is C15H22ClNO. The molecule has 1 rings (SSSR count). The minimum atomic E-state index is -0.149. The summed E-state index contributed by atoms with van der Waals surface area (Å²) in [4.78, 5) is 12.2. The van der Waals surface area contributed by atoms with Crippen molar-refractivity contribution in [3.8, 4) is 0 Å². The number of ketones is 1. The van der Waals surface area contributed by atoms with Crippen LogP contribution in [0, 0.1) is 12.8 Å². The standard InChI is InChI=1S/C15H22ClNO/c1-10(2)7-8-17-12(4)15(18)13-5-6-14(16)11(3)9-13/h5-6,9-10,12,17H,7-8H2,1-4H3. The molecule has 0 aliphatic carbocycles. The number of carbonyl (C=O) groups is 1. The lowest BCUT2D eigenvalue weighted by molar-refractivity contribution is 0.0950. The predicted molar refractivity (Wildman–Crippen MR) is 77.4 cm³/mol. The largest absolute Gasteiger partial charge is 0.307 e. The van der Waals surface area contributed by atoms with Crippen LogP contribution in [0.4, 0.5) is 0 Å². The van der Waals surface area contributed by atoms with Gasteiger partial charge in [-0.2, -0.15) is 0 Å². The van der Waals surface area contributed by atoms with Crippen LogP contribution in [0.3, 0.4) is 0 Å². The second-order valence-electron chi connectivity index (χ2n) is 5.19. The van der Waals surface area contributed by atoms with Gasteiger partial charge in [0.05, 0.1) is 6.04 Å². The third-order valence-electron chi connectivity index (χ3n) is 3.01. The Bertz CT molecular complexity index is 415. The summed E-state index contributed by atoms with van der Waals surface area (Å²) in [7, 11) is 0. The minimum absolute atomic E-state index is 0.124. The first kappa shape index (κ1) is 15.2. The first-order valence-corrected chi connectivity index (χ1v) is 6.83. The van der Waals surface area contributed by atoms with E-state index in [1.807, 2.05) is 19.9 Å². The van der Waals surface area contributed by atoms with Crippen molar-refractivity contribution in [2.45, 2.75) is 40.2 Å². The Kier molecular flexibility index (Phi) is 5.83. The van der Waals surface area contributed by atoms with Crippen molar-refractivity contribution >= 4 is 17.4 Å². The Morgan fingerprint density at radius 3 is 2.56 bits per heavy atom. The zero-order valence-corrected chi connectivity index (χ0v) is 12.3. The van der Waals surface area contributed by atoms with Crippen LogP contribution in [0.5, 0.6) is 0 Å². The molecule has 1 aromatic carbocycles. The van der Waals surface area contributed by atoms with E-state index in [4.69, 9.17) is 11.6 Å². The molecule has 1 atom stereocenters. The van der Waals surface area contributed by atoms with Crippen molar-refractivity contribution in [1.29, 1.82) is 0 Å². The Morgan fingerprint density at radius 1 is 1.33 bits per heavy atom. The van der Waals surface area contributed by atoms with Crippen LogP contribution in [-0.2, 0) is 0 Å². The van der Waals surface area contributed by atoms with Gasteiger partial charge in [0, 0.05) is 10.6 Å². The van der Waals surface area contributed by atoms with Gasteiger partial charge in [-0.05, 0) is 56.5 Å². The number of Topliss-reactive ketones (excluding diaryl/α,β-unsaturated/α-hetero) is 1. The fraction of sp³-hybridized carbons (Fsp3) is 0.533. The van der Waals surface area contributed by atoms with E-state index in [0.29, 0.717) is 10.9 Å². The molecule has 3 heteroatoms. The average Bonchev–Trinajstić information content (AvgIpc) is 2.31. The smallest absolute Gasteiger partial charge is 0.179 e. The molecule has 0 aromatic heterocycles. The van der Waals surface area contributed by atoms with Gasteiger partial charge in [-0.3, -0.25) is 4.79 Å². The lowest BCUT2D eigenvalue weighted by Crippen LogP contribution is -2.35. The molecule has 18 heavy (non-hydrogen) atoms. The minimum Gasteiger partial charge on any atom is -0.307 e. The molecule has 0 spiro atoms. The number of carbonyl (C=O) groups excluding carboxylic acids is 1. The third-order valence-corrected chi connectivity index (χ3v) is 3.43. The first-order valence-electron chi connectivity index (χ1n) is 6.45. The second-order valence-corrected chi connectivity index (χ2v) is 5.59. The Morgan fingerprint density at radius 2 is 2.00 bits per heavy atom. The average molecular weight is 268 g/mol. The van der Waals surface area contributed by atoms with Gasteiger partial charge >= 0.3 is 0 Å². The highest BCUT2D eigenvalue weighted by Crippen LogP contribution is 2.17. The number of nitrogens with one attached hydrogen (secondary N) is 1. The van der Waals surface area contributed by atoms with Crippen LogP contribution < -0.4 is 5.32 Å². The fourth-order valence-corrected chi connectivity index (χ4v) is 1.85. The topological polar surface area (TPSA) is 29.1 Å². The molecule has 0 fully saturated rings. The SMILES string of the molecule is Cc1cc(C(=O)C(C)NCCC(C)C)ccc1Cl. The maximum atomic E-state index is 12.2. The van der Waals surface area contributed by atoms with Crippen LogP contribution in [0.1, 0.15) is 43.1 Å². The molecule has 0 heterocycles. The zero-order chi connectivity index (χ0) is 13.7. The summed E-state index contributed by atoms with van der Waals surface area (Å²) in [5, 5.41) is 3.96. The van der Waals surface area contributed by atoms with Crippen molar-refractivity contribution in [3.05, 3.63) is 34.3 Å². The van der Waals surface area contributed by atoms with E-state index in [2.05, 4.69) is 19.2 Å². The summed E-state index contributed by atoms with van der Waals surface area (Å²) < 4.78 is 0. The summed E-state index contributed by atoms with van der Waals surface area (Å²) >= 11 is 5.96. The zero-order valence-electron chi connectivity index (χ0n) is 11.6. The number of benzene rings is 1. The molecule has 1 unspecified atom stereocenters. The van der Waals surface area contributed by atoms with E-state index in [1.165, 1.54) is 0 Å². The van der Waals surface area contributed by atoms with Crippen molar-refractivity contribution < 1.29 is 4.79 Å². The lowest BCUT2D eigenvalue weighted by Gasteiger charge is -2.14. The molecular weight excluding hydrogens is 246 g/mol. The summed E-state index contributed by atoms with van der Waals surface area (Å²) in [5.41, 5.74) is 1.67. The van der Waals surface area contributed by atoms with Crippen molar-refractivity contribution in [2.24, 2.45) is 5.92 Å². The van der Waals surface area contributed by atoms with Gasteiger partial charge in [-0.15, -0.1) is 0 Å². The van der Waals surface area contributed by atoms with E-state index >= 15 is 0 Å². The van der Waals surface area contributed by atoms with Crippen LogP contribution in [0.2, 0.25) is 5.02 Å². The quantitative estimate of drug-likeness (QED) is 0.793. The highest BCUT2D eigenvalue weighted by Gasteiger charge is 2.15. The number of rotatable bonds is 6. The highest BCUT2D eigenvalue weighted by molar-refractivity contribution is 6.31. The molecule has 0 radical (unpaired) electrons. The first-order chi connectivity index (χ1) is 8.41. The van der Waals surface area contributed by atoms with E-state index in [9.17, 15) is 4.79 Å². The maximum absolute atomic E-state index is 12.2. The predicted octanol–water partition coefficient (Wildman–Crippen LogP) is 3.86. The van der Waals surface area contributed by atoms with Gasteiger partial charge in [0.25, 0.3) is 0 Å². The van der Waals surface area contributed by atoms with E-state index in [1.54, 1.807) is 12.1 Å². The Balaban J connectivity index is 2.60. The lowest BCUT2D eigenvalue weighted by atomic mass is 10.0. The second kappa shape index (κ2) is 6.91. The monoisotopic (exact) mass is 267 g/mol. The fourth-order valence-electron chi connectivity index (χ4n) is 1.73. The molecule has 0 aliphatic rings. The van der Waals surface area contributed by atoms with E-state index < -0.39 is 0 Å². The number of hydrogen-bond donors (Lipinski definition) is 1. The van der Waals surface area contributed by atoms with Gasteiger partial charge in [0.15, 0.2) is 5.78 Å². The van der Waals surface area contributed by atoms with Crippen LogP contribution in [0.15, 0.2) is 18.2 Å². The van der Waals surface area contributed by atoms with Crippen LogP contribution >= 0.6 is 11.6 Å². The molecule has 0 aliphatic heterocycles. The summed E-state index contributed by atoms with van der Waals surface area (Å²) in [6.07, 6.45) is 1.08. The van der Waals surface area contributed by atoms with Gasteiger partial charge in [0.2, 0.25) is 0 Å².